The molecule has 0 amide bonds. The van der Waals surface area contributed by atoms with Crippen LogP contribution < -0.4 is 5.32 Å². The Bertz CT molecular complexity index is 74.8. The summed E-state index contributed by atoms with van der Waals surface area (Å²) in [5, 5.41) is 2.17. The average Bonchev–Trinajstić information content (AvgIpc) is 1.65. The van der Waals surface area contributed by atoms with Crippen molar-refractivity contribution in [3.63, 3.8) is 0 Å². The second kappa shape index (κ2) is 3.06. The van der Waals surface area contributed by atoms with E-state index < -0.39 is 12.2 Å². The van der Waals surface area contributed by atoms with E-state index in [9.17, 15) is 13.2 Å². The Morgan fingerprint density at radius 1 is 1.44 bits per heavy atom. The molecule has 0 aromatic heterocycles. The summed E-state index contributed by atoms with van der Waals surface area (Å²) in [6, 6.07) is -1.35. The summed E-state index contributed by atoms with van der Waals surface area (Å²) in [4.78, 5) is 0. The van der Waals surface area contributed by atoms with E-state index in [0.717, 1.165) is 0 Å². The van der Waals surface area contributed by atoms with Gasteiger partial charge in [-0.25, -0.2) is 0 Å². The van der Waals surface area contributed by atoms with E-state index in [0.29, 0.717) is 0 Å². The van der Waals surface area contributed by atoms with E-state index in [2.05, 4.69) is 5.32 Å². The normalized spacial score (nSPS) is 15.7. The van der Waals surface area contributed by atoms with E-state index in [1.165, 1.54) is 14.0 Å². The molecule has 0 aliphatic rings. The lowest BCUT2D eigenvalue weighted by molar-refractivity contribution is -0.154. The van der Waals surface area contributed by atoms with Crippen LogP contribution in [0.2, 0.25) is 0 Å². The van der Waals surface area contributed by atoms with Crippen LogP contribution in [0.1, 0.15) is 13.3 Å². The highest BCUT2D eigenvalue weighted by molar-refractivity contribution is 4.70. The quantitative estimate of drug-likeness (QED) is 0.615. The zero-order chi connectivity index (χ0) is 7.49. The Balaban J connectivity index is 3.79. The van der Waals surface area contributed by atoms with E-state index in [-0.39, 0.29) is 6.42 Å². The lowest BCUT2D eigenvalue weighted by Crippen LogP contribution is -2.39. The maximum atomic E-state index is 11.7. The first-order valence-corrected chi connectivity index (χ1v) is 2.76. The number of hydrogen-bond donors (Lipinski definition) is 1. The summed E-state index contributed by atoms with van der Waals surface area (Å²) >= 11 is 0. The summed E-state index contributed by atoms with van der Waals surface area (Å²) in [5.41, 5.74) is 0. The minimum Gasteiger partial charge on any atom is -0.309 e. The molecule has 0 spiro atoms. The topological polar surface area (TPSA) is 12.0 Å². The summed E-state index contributed by atoms with van der Waals surface area (Å²) < 4.78 is 35.0. The van der Waals surface area contributed by atoms with Crippen LogP contribution in [-0.2, 0) is 0 Å². The van der Waals surface area contributed by atoms with Crippen molar-refractivity contribution in [2.45, 2.75) is 25.6 Å². The highest BCUT2D eigenvalue weighted by Gasteiger charge is 2.36. The van der Waals surface area contributed by atoms with E-state index in [1.807, 2.05) is 0 Å². The van der Waals surface area contributed by atoms with Crippen LogP contribution in [0.3, 0.4) is 0 Å². The molecule has 0 fully saturated rings. The maximum absolute atomic E-state index is 11.7. The first kappa shape index (κ1) is 8.75. The van der Waals surface area contributed by atoms with Gasteiger partial charge >= 0.3 is 6.18 Å². The fraction of sp³-hybridized carbons (Fsp3) is 1.00. The van der Waals surface area contributed by atoms with Crippen LogP contribution in [0.15, 0.2) is 0 Å². The van der Waals surface area contributed by atoms with Gasteiger partial charge in [-0.05, 0) is 13.5 Å². The highest BCUT2D eigenvalue weighted by atomic mass is 19.4. The van der Waals surface area contributed by atoms with E-state index >= 15 is 0 Å². The number of hydrogen-bond acceptors (Lipinski definition) is 1. The van der Waals surface area contributed by atoms with Crippen LogP contribution in [0.25, 0.3) is 0 Å². The molecular formula is C5H10F3N. The lowest BCUT2D eigenvalue weighted by Gasteiger charge is -2.16. The Labute approximate surface area is 52.2 Å². The third-order valence-electron chi connectivity index (χ3n) is 1.15. The van der Waals surface area contributed by atoms with Crippen molar-refractivity contribution >= 4 is 0 Å². The van der Waals surface area contributed by atoms with Gasteiger partial charge in [0.15, 0.2) is 0 Å². The number of nitrogens with one attached hydrogen (secondary N) is 1. The van der Waals surface area contributed by atoms with E-state index in [4.69, 9.17) is 0 Å². The molecule has 0 aliphatic heterocycles. The number of halogens is 3. The summed E-state index contributed by atoms with van der Waals surface area (Å²) in [7, 11) is 1.31. The van der Waals surface area contributed by atoms with Crippen molar-refractivity contribution in [2.24, 2.45) is 0 Å². The number of rotatable bonds is 2. The minimum absolute atomic E-state index is 0.0833. The van der Waals surface area contributed by atoms with E-state index in [1.54, 1.807) is 0 Å². The predicted molar refractivity (Wildman–Crippen MR) is 29.2 cm³/mol. The molecule has 56 valence electrons. The second-order valence-corrected chi connectivity index (χ2v) is 1.79. The SMILES string of the molecule is CC[C@H](NC)C(F)(F)F. The monoisotopic (exact) mass is 141 g/mol. The Morgan fingerprint density at radius 2 is 1.89 bits per heavy atom. The van der Waals surface area contributed by atoms with Crippen LogP contribution in [0.5, 0.6) is 0 Å². The lowest BCUT2D eigenvalue weighted by atomic mass is 10.2. The minimum atomic E-state index is -4.09. The van der Waals surface area contributed by atoms with Crippen molar-refractivity contribution in [2.75, 3.05) is 7.05 Å². The third-order valence-corrected chi connectivity index (χ3v) is 1.15. The first-order valence-electron chi connectivity index (χ1n) is 2.76. The molecule has 0 heterocycles. The van der Waals surface area contributed by atoms with Gasteiger partial charge in [-0.2, -0.15) is 13.2 Å². The van der Waals surface area contributed by atoms with Gasteiger partial charge < -0.3 is 5.32 Å². The molecule has 0 unspecified atom stereocenters. The summed E-state index contributed by atoms with van der Waals surface area (Å²) in [6.45, 7) is 1.49. The molecule has 0 aromatic rings. The van der Waals surface area contributed by atoms with Crippen molar-refractivity contribution in [1.29, 1.82) is 0 Å². The molecule has 0 aliphatic carbocycles. The molecule has 9 heavy (non-hydrogen) atoms. The van der Waals surface area contributed by atoms with Gasteiger partial charge in [0.2, 0.25) is 0 Å². The molecule has 0 radical (unpaired) electrons. The van der Waals surface area contributed by atoms with Gasteiger partial charge in [0.1, 0.15) is 6.04 Å². The molecule has 0 saturated heterocycles. The van der Waals surface area contributed by atoms with Gasteiger partial charge in [0.25, 0.3) is 0 Å². The van der Waals surface area contributed by atoms with Crippen molar-refractivity contribution < 1.29 is 13.2 Å². The van der Waals surface area contributed by atoms with Gasteiger partial charge in [0, 0.05) is 0 Å². The Morgan fingerprint density at radius 3 is 1.89 bits per heavy atom. The average molecular weight is 141 g/mol. The third kappa shape index (κ3) is 2.70. The Kier molecular flexibility index (Phi) is 2.97. The maximum Gasteiger partial charge on any atom is 0.403 e. The molecule has 0 saturated carbocycles. The molecule has 0 rings (SSSR count). The fourth-order valence-corrected chi connectivity index (χ4v) is 0.599. The van der Waals surface area contributed by atoms with Gasteiger partial charge in [0.05, 0.1) is 0 Å². The molecule has 0 aromatic carbocycles. The van der Waals surface area contributed by atoms with Gasteiger partial charge in [-0.3, -0.25) is 0 Å². The summed E-state index contributed by atoms with van der Waals surface area (Å²) in [6.07, 6.45) is -4.01. The second-order valence-electron chi connectivity index (χ2n) is 1.79. The van der Waals surface area contributed by atoms with Gasteiger partial charge in [-0.1, -0.05) is 6.92 Å². The highest BCUT2D eigenvalue weighted by Crippen LogP contribution is 2.21. The summed E-state index contributed by atoms with van der Waals surface area (Å²) in [5.74, 6) is 0. The van der Waals surface area contributed by atoms with Crippen molar-refractivity contribution in [3.8, 4) is 0 Å². The van der Waals surface area contributed by atoms with Crippen molar-refractivity contribution in [3.05, 3.63) is 0 Å². The molecule has 0 bridgehead atoms. The van der Waals surface area contributed by atoms with Crippen LogP contribution in [-0.4, -0.2) is 19.3 Å². The van der Waals surface area contributed by atoms with Crippen LogP contribution in [0, 0.1) is 0 Å². The standard InChI is InChI=1S/C5H10F3N/c1-3-4(9-2)5(6,7)8/h4,9H,3H2,1-2H3/t4-/m0/s1. The molecule has 4 heteroatoms. The Hall–Kier alpha value is -0.250. The van der Waals surface area contributed by atoms with Gasteiger partial charge in [-0.15, -0.1) is 0 Å². The predicted octanol–water partition coefficient (Wildman–Crippen LogP) is 1.55. The fourth-order valence-electron chi connectivity index (χ4n) is 0.599. The molecule has 1 N–H and O–H groups in total. The molecule has 1 nitrogen and oxygen atoms in total. The molecular weight excluding hydrogens is 131 g/mol. The smallest absolute Gasteiger partial charge is 0.309 e. The van der Waals surface area contributed by atoms with Crippen LogP contribution >= 0.6 is 0 Å². The molecule has 1 atom stereocenters. The van der Waals surface area contributed by atoms with Crippen LogP contribution in [0.4, 0.5) is 13.2 Å². The largest absolute Gasteiger partial charge is 0.403 e. The number of alkyl halides is 3. The zero-order valence-electron chi connectivity index (χ0n) is 5.42. The van der Waals surface area contributed by atoms with Crippen molar-refractivity contribution in [1.82, 2.24) is 5.32 Å². The first-order chi connectivity index (χ1) is 4.02. The zero-order valence-corrected chi connectivity index (χ0v) is 5.42.